The standard InChI is InChI=1S/C65H88O8Si/c1-13-47(2)62(72-64(67)55-23-17-14-18-24-55)44-32-51(6)63(71-46-54-35-41-58(69-12)42-36-54)50(5)30-38-56(66)37-29-49(4)61(70-45-53-33-39-57(68-11)40-34-53)43-31-48(3)52(7)73-74(65(8,9)10,59-25-19-15-20-26-59)60-27-21-16-22-28-60/h13-28,33-36,39-42,47-52,61-63H,1,29-32,37-38,43-46H2,2-12H3/t47-,48+,49-,50+,51-,52-,61+,62+,63-/m1/s1. The highest BCUT2D eigenvalue weighted by Crippen LogP contribution is 2.39. The number of Topliss-reactive ketones (excluding diaryl/α,β-unsaturated/α-hetero) is 1. The van der Waals surface area contributed by atoms with Gasteiger partial charge in [0.15, 0.2) is 0 Å². The van der Waals surface area contributed by atoms with Gasteiger partial charge in [0.05, 0.1) is 45.2 Å². The highest BCUT2D eigenvalue weighted by molar-refractivity contribution is 6.99. The van der Waals surface area contributed by atoms with Crippen molar-refractivity contribution in [2.75, 3.05) is 14.2 Å². The van der Waals surface area contributed by atoms with E-state index in [9.17, 15) is 9.59 Å². The van der Waals surface area contributed by atoms with E-state index in [2.05, 4.69) is 135 Å². The van der Waals surface area contributed by atoms with E-state index in [0.717, 1.165) is 48.3 Å². The molecule has 0 bridgehead atoms. The van der Waals surface area contributed by atoms with Gasteiger partial charge in [-0.05, 0) is 132 Å². The van der Waals surface area contributed by atoms with Gasteiger partial charge in [0.1, 0.15) is 23.4 Å². The Hall–Kier alpha value is -5.32. The molecular weight excluding hydrogens is 937 g/mol. The van der Waals surface area contributed by atoms with Crippen LogP contribution in [0.25, 0.3) is 0 Å². The first kappa shape index (κ1) is 59.6. The molecule has 0 fully saturated rings. The van der Waals surface area contributed by atoms with Crippen LogP contribution in [-0.2, 0) is 36.6 Å². The van der Waals surface area contributed by atoms with Gasteiger partial charge in [-0.1, -0.05) is 165 Å². The highest BCUT2D eigenvalue weighted by Gasteiger charge is 2.51. The van der Waals surface area contributed by atoms with E-state index in [1.165, 1.54) is 10.4 Å². The molecule has 0 N–H and O–H groups in total. The number of ether oxygens (including phenoxy) is 5. The van der Waals surface area contributed by atoms with Crippen LogP contribution in [0.5, 0.6) is 11.5 Å². The summed E-state index contributed by atoms with van der Waals surface area (Å²) in [6.07, 6.45) is 6.92. The van der Waals surface area contributed by atoms with Crippen molar-refractivity contribution in [1.29, 1.82) is 0 Å². The fourth-order valence-electron chi connectivity index (χ4n) is 10.2. The number of carbonyl (C=O) groups is 2. The number of rotatable bonds is 32. The van der Waals surface area contributed by atoms with Crippen LogP contribution in [0.3, 0.4) is 0 Å². The van der Waals surface area contributed by atoms with Crippen molar-refractivity contribution in [3.05, 3.63) is 169 Å². The summed E-state index contributed by atoms with van der Waals surface area (Å²) in [5.41, 5.74) is 2.67. The molecule has 9 atom stereocenters. The summed E-state index contributed by atoms with van der Waals surface area (Å²) in [5, 5.41) is 2.44. The first-order valence-electron chi connectivity index (χ1n) is 27.2. The number of esters is 1. The van der Waals surface area contributed by atoms with Crippen LogP contribution in [-0.4, -0.2) is 58.7 Å². The van der Waals surface area contributed by atoms with Crippen molar-refractivity contribution in [2.45, 2.75) is 156 Å². The summed E-state index contributed by atoms with van der Waals surface area (Å²) >= 11 is 0. The van der Waals surface area contributed by atoms with Crippen LogP contribution in [0.1, 0.15) is 135 Å². The summed E-state index contributed by atoms with van der Waals surface area (Å²) in [6, 6.07) is 46.9. The maximum Gasteiger partial charge on any atom is 0.338 e. The van der Waals surface area contributed by atoms with E-state index < -0.39 is 8.32 Å². The van der Waals surface area contributed by atoms with Gasteiger partial charge in [-0.25, -0.2) is 4.79 Å². The van der Waals surface area contributed by atoms with Crippen LogP contribution >= 0.6 is 0 Å². The Bertz CT molecular complexity index is 2350. The predicted octanol–water partition coefficient (Wildman–Crippen LogP) is 14.4. The second-order valence-electron chi connectivity index (χ2n) is 21.9. The van der Waals surface area contributed by atoms with E-state index in [-0.39, 0.29) is 70.8 Å². The Kier molecular flexibility index (Phi) is 23.9. The van der Waals surface area contributed by atoms with Crippen LogP contribution in [0, 0.1) is 29.6 Å². The molecule has 0 saturated heterocycles. The summed E-state index contributed by atoms with van der Waals surface area (Å²) in [5.74, 6) is 2.13. The van der Waals surface area contributed by atoms with Gasteiger partial charge in [-0.15, -0.1) is 6.58 Å². The van der Waals surface area contributed by atoms with Crippen molar-refractivity contribution >= 4 is 30.4 Å². The Morgan fingerprint density at radius 3 is 1.47 bits per heavy atom. The average Bonchev–Trinajstić information content (AvgIpc) is 3.42. The van der Waals surface area contributed by atoms with Crippen molar-refractivity contribution in [3.8, 4) is 11.5 Å². The lowest BCUT2D eigenvalue weighted by Gasteiger charge is -2.45. The molecule has 0 aromatic heterocycles. The van der Waals surface area contributed by atoms with E-state index in [0.29, 0.717) is 44.5 Å². The quantitative estimate of drug-likeness (QED) is 0.0239. The lowest BCUT2D eigenvalue weighted by atomic mass is 9.84. The number of ketones is 1. The van der Waals surface area contributed by atoms with Crippen molar-refractivity contribution in [3.63, 3.8) is 0 Å². The number of carbonyl (C=O) groups excluding carboxylic acids is 2. The molecule has 0 saturated carbocycles. The van der Waals surface area contributed by atoms with Crippen molar-refractivity contribution < 1.29 is 37.7 Å². The normalized spacial score (nSPS) is 15.6. The minimum atomic E-state index is -2.74. The smallest absolute Gasteiger partial charge is 0.338 e. The molecule has 0 radical (unpaired) electrons. The van der Waals surface area contributed by atoms with Crippen LogP contribution in [0.15, 0.2) is 152 Å². The van der Waals surface area contributed by atoms with Gasteiger partial charge in [-0.3, -0.25) is 4.79 Å². The topological polar surface area (TPSA) is 89.5 Å². The molecule has 400 valence electrons. The highest BCUT2D eigenvalue weighted by atomic mass is 28.4. The molecule has 5 aromatic rings. The molecule has 0 aliphatic carbocycles. The van der Waals surface area contributed by atoms with Crippen LogP contribution in [0.2, 0.25) is 5.04 Å². The third-order valence-corrected chi connectivity index (χ3v) is 20.5. The molecule has 5 rings (SSSR count). The maximum atomic E-state index is 13.9. The lowest BCUT2D eigenvalue weighted by molar-refractivity contribution is -0.120. The molecule has 74 heavy (non-hydrogen) atoms. The first-order valence-corrected chi connectivity index (χ1v) is 29.1. The zero-order valence-corrected chi connectivity index (χ0v) is 47.6. The minimum Gasteiger partial charge on any atom is -0.497 e. The van der Waals surface area contributed by atoms with E-state index in [1.54, 1.807) is 26.4 Å². The number of hydrogen-bond donors (Lipinski definition) is 0. The maximum absolute atomic E-state index is 13.9. The van der Waals surface area contributed by atoms with E-state index in [1.807, 2.05) is 67.6 Å². The summed E-state index contributed by atoms with van der Waals surface area (Å²) in [7, 11) is 0.602. The second-order valence-corrected chi connectivity index (χ2v) is 26.1. The molecule has 5 aromatic carbocycles. The van der Waals surface area contributed by atoms with Gasteiger partial charge < -0.3 is 28.1 Å². The zero-order chi connectivity index (χ0) is 53.7. The molecule has 8 nitrogen and oxygen atoms in total. The fraction of sp³-hybridized carbons (Fsp3) is 0.477. The predicted molar refractivity (Wildman–Crippen MR) is 305 cm³/mol. The van der Waals surface area contributed by atoms with Gasteiger partial charge in [0, 0.05) is 24.9 Å². The lowest BCUT2D eigenvalue weighted by Crippen LogP contribution is -2.67. The molecule has 0 aliphatic rings. The van der Waals surface area contributed by atoms with Crippen molar-refractivity contribution in [2.24, 2.45) is 29.6 Å². The molecular formula is C65H88O8Si. The van der Waals surface area contributed by atoms with Crippen molar-refractivity contribution in [1.82, 2.24) is 0 Å². The van der Waals surface area contributed by atoms with Gasteiger partial charge >= 0.3 is 5.97 Å². The zero-order valence-electron chi connectivity index (χ0n) is 46.6. The van der Waals surface area contributed by atoms with Gasteiger partial charge in [-0.2, -0.15) is 0 Å². The fourth-order valence-corrected chi connectivity index (χ4v) is 15.0. The van der Waals surface area contributed by atoms with Crippen LogP contribution in [0.4, 0.5) is 0 Å². The third-order valence-electron chi connectivity index (χ3n) is 15.4. The molecule has 0 aliphatic heterocycles. The number of benzene rings is 5. The minimum absolute atomic E-state index is 0.0107. The second kappa shape index (κ2) is 29.7. The molecule has 0 unspecified atom stereocenters. The SMILES string of the molecule is C=C[C@@H](C)[C@H](CC[C@@H](C)[C@H](OCc1ccc(OC)cc1)[C@@H](C)CCC(=O)CC[C@@H](C)[C@H](CC[C@H](C)[C@@H](C)O[Si](c1ccccc1)(c1ccccc1)C(C)(C)C)OCc1ccc(OC)cc1)OC(=O)c1ccccc1. The molecule has 9 heteroatoms. The Balaban J connectivity index is 1.24. The molecule has 0 amide bonds. The Morgan fingerprint density at radius 1 is 0.541 bits per heavy atom. The molecule has 0 heterocycles. The summed E-state index contributed by atoms with van der Waals surface area (Å²) in [6.45, 7) is 25.2. The summed E-state index contributed by atoms with van der Waals surface area (Å²) < 4.78 is 38.1. The first-order chi connectivity index (χ1) is 35.5. The van der Waals surface area contributed by atoms with Gasteiger partial charge in [0.2, 0.25) is 0 Å². The summed E-state index contributed by atoms with van der Waals surface area (Å²) in [4.78, 5) is 27.1. The molecule has 0 spiro atoms. The Morgan fingerprint density at radius 2 is 0.986 bits per heavy atom. The average molecular weight is 1030 g/mol. The Labute approximate surface area is 446 Å². The monoisotopic (exact) mass is 1020 g/mol. The third kappa shape index (κ3) is 17.4. The number of hydrogen-bond acceptors (Lipinski definition) is 8. The van der Waals surface area contributed by atoms with Crippen LogP contribution < -0.4 is 19.8 Å². The largest absolute Gasteiger partial charge is 0.497 e. The number of methoxy groups -OCH3 is 2. The van der Waals surface area contributed by atoms with Gasteiger partial charge in [0.25, 0.3) is 8.32 Å². The van der Waals surface area contributed by atoms with E-state index >= 15 is 0 Å². The van der Waals surface area contributed by atoms with E-state index in [4.69, 9.17) is 28.1 Å².